The summed E-state index contributed by atoms with van der Waals surface area (Å²) in [6.07, 6.45) is 4.61. The first-order valence-corrected chi connectivity index (χ1v) is 6.54. The molecule has 6 heteroatoms. The molecule has 1 aromatic heterocycles. The van der Waals surface area contributed by atoms with Crippen molar-refractivity contribution in [3.8, 4) is 0 Å². The van der Waals surface area contributed by atoms with Crippen molar-refractivity contribution in [2.24, 2.45) is 0 Å². The first kappa shape index (κ1) is 13.6. The van der Waals surface area contributed by atoms with Crippen LogP contribution >= 0.6 is 0 Å². The zero-order chi connectivity index (χ0) is 14.2. The zero-order valence-corrected chi connectivity index (χ0v) is 11.1. The van der Waals surface area contributed by atoms with E-state index in [-0.39, 0.29) is 17.6 Å². The van der Waals surface area contributed by atoms with Gasteiger partial charge in [-0.1, -0.05) is 12.8 Å². The van der Waals surface area contributed by atoms with Crippen molar-refractivity contribution in [3.05, 3.63) is 32.6 Å². The normalized spacial score (nSPS) is 16.2. The lowest BCUT2D eigenvalue weighted by atomic mass is 10.2. The third-order valence-corrected chi connectivity index (χ3v) is 3.62. The Kier molecular flexibility index (Phi) is 3.59. The molecule has 0 amide bonds. The molecule has 0 aliphatic heterocycles. The number of carboxylic acid groups (broad SMARTS) is 1. The standard InChI is InChI=1S/C13H18N2O4/c1-8(2)14-7-10(12(17)18)11(16)15(13(14)19)9-5-3-4-6-9/h7-9H,3-6H2,1-2H3,(H,17,18). The predicted molar refractivity (Wildman–Crippen MR) is 69.8 cm³/mol. The topological polar surface area (TPSA) is 81.3 Å². The van der Waals surface area contributed by atoms with Crippen LogP contribution in [0, 0.1) is 0 Å². The SMILES string of the molecule is CC(C)n1cc(C(=O)O)c(=O)n(C2CCCC2)c1=O. The number of carbonyl (C=O) groups is 1. The Morgan fingerprint density at radius 3 is 2.37 bits per heavy atom. The Morgan fingerprint density at radius 2 is 1.89 bits per heavy atom. The molecule has 1 heterocycles. The minimum Gasteiger partial charge on any atom is -0.477 e. The van der Waals surface area contributed by atoms with Crippen molar-refractivity contribution in [1.29, 1.82) is 0 Å². The highest BCUT2D eigenvalue weighted by Crippen LogP contribution is 2.27. The van der Waals surface area contributed by atoms with Crippen LogP contribution in [0.15, 0.2) is 15.8 Å². The van der Waals surface area contributed by atoms with Gasteiger partial charge in [0.15, 0.2) is 0 Å². The van der Waals surface area contributed by atoms with Crippen molar-refractivity contribution in [2.45, 2.75) is 51.6 Å². The van der Waals surface area contributed by atoms with E-state index in [1.54, 1.807) is 13.8 Å². The molecular formula is C13H18N2O4. The smallest absolute Gasteiger partial charge is 0.342 e. The summed E-state index contributed by atoms with van der Waals surface area (Å²) in [5.41, 5.74) is -1.42. The van der Waals surface area contributed by atoms with Crippen molar-refractivity contribution in [2.75, 3.05) is 0 Å². The van der Waals surface area contributed by atoms with E-state index >= 15 is 0 Å². The fourth-order valence-electron chi connectivity index (χ4n) is 2.59. The van der Waals surface area contributed by atoms with Gasteiger partial charge in [-0.3, -0.25) is 13.9 Å². The van der Waals surface area contributed by atoms with Crippen LogP contribution in [-0.2, 0) is 0 Å². The van der Waals surface area contributed by atoms with Crippen molar-refractivity contribution in [3.63, 3.8) is 0 Å². The number of rotatable bonds is 3. The van der Waals surface area contributed by atoms with Crippen LogP contribution in [-0.4, -0.2) is 20.2 Å². The van der Waals surface area contributed by atoms with E-state index < -0.39 is 17.2 Å². The predicted octanol–water partition coefficient (Wildman–Crippen LogP) is 1.40. The average Bonchev–Trinajstić information content (AvgIpc) is 2.81. The van der Waals surface area contributed by atoms with E-state index in [2.05, 4.69) is 0 Å². The Hall–Kier alpha value is -1.85. The third kappa shape index (κ3) is 2.34. The van der Waals surface area contributed by atoms with Crippen molar-refractivity contribution < 1.29 is 9.90 Å². The number of carboxylic acids is 1. The maximum atomic E-state index is 12.3. The van der Waals surface area contributed by atoms with Gasteiger partial charge in [0.2, 0.25) is 0 Å². The van der Waals surface area contributed by atoms with Crippen molar-refractivity contribution in [1.82, 2.24) is 9.13 Å². The summed E-state index contributed by atoms with van der Waals surface area (Å²) < 4.78 is 2.46. The lowest BCUT2D eigenvalue weighted by Crippen LogP contribution is -2.44. The molecule has 1 aliphatic rings. The second-order valence-electron chi connectivity index (χ2n) is 5.24. The Bertz CT molecular complexity index is 606. The van der Waals surface area contributed by atoms with Gasteiger partial charge in [-0.2, -0.15) is 0 Å². The van der Waals surface area contributed by atoms with Crippen LogP contribution in [0.3, 0.4) is 0 Å². The molecule has 1 aromatic rings. The second kappa shape index (κ2) is 5.03. The van der Waals surface area contributed by atoms with Crippen LogP contribution in [0.5, 0.6) is 0 Å². The minimum atomic E-state index is -1.29. The molecule has 0 atom stereocenters. The van der Waals surface area contributed by atoms with Gasteiger partial charge in [-0.05, 0) is 26.7 Å². The van der Waals surface area contributed by atoms with Crippen LogP contribution < -0.4 is 11.2 Å². The lowest BCUT2D eigenvalue weighted by molar-refractivity contribution is 0.0692. The molecule has 0 spiro atoms. The van der Waals surface area contributed by atoms with Crippen molar-refractivity contribution >= 4 is 5.97 Å². The van der Waals surface area contributed by atoms with Gasteiger partial charge < -0.3 is 5.11 Å². The van der Waals surface area contributed by atoms with E-state index in [1.165, 1.54) is 4.57 Å². The van der Waals surface area contributed by atoms with E-state index in [0.717, 1.165) is 36.4 Å². The molecule has 1 fully saturated rings. The van der Waals surface area contributed by atoms with Gasteiger partial charge in [0.05, 0.1) is 0 Å². The fourth-order valence-corrected chi connectivity index (χ4v) is 2.59. The molecule has 0 radical (unpaired) electrons. The maximum Gasteiger partial charge on any atom is 0.342 e. The van der Waals surface area contributed by atoms with Crippen LogP contribution in [0.1, 0.15) is 62.0 Å². The van der Waals surface area contributed by atoms with Crippen LogP contribution in [0.2, 0.25) is 0 Å². The van der Waals surface area contributed by atoms with Gasteiger partial charge in [0.25, 0.3) is 5.56 Å². The molecule has 2 rings (SSSR count). The Balaban J connectivity index is 2.72. The fraction of sp³-hybridized carbons (Fsp3) is 0.615. The molecule has 1 aliphatic carbocycles. The molecule has 1 N–H and O–H groups in total. The summed E-state index contributed by atoms with van der Waals surface area (Å²) in [5, 5.41) is 9.10. The summed E-state index contributed by atoms with van der Waals surface area (Å²) >= 11 is 0. The second-order valence-corrected chi connectivity index (χ2v) is 5.24. The lowest BCUT2D eigenvalue weighted by Gasteiger charge is -2.18. The molecule has 104 valence electrons. The number of hydrogen-bond acceptors (Lipinski definition) is 3. The molecule has 19 heavy (non-hydrogen) atoms. The van der Waals surface area contributed by atoms with E-state index in [1.807, 2.05) is 0 Å². The number of nitrogens with zero attached hydrogens (tertiary/aromatic N) is 2. The monoisotopic (exact) mass is 266 g/mol. The summed E-state index contributed by atoms with van der Waals surface area (Å²) in [6, 6.07) is -0.344. The molecule has 0 saturated heterocycles. The molecule has 1 saturated carbocycles. The van der Waals surface area contributed by atoms with Gasteiger partial charge in [-0.15, -0.1) is 0 Å². The zero-order valence-electron chi connectivity index (χ0n) is 11.1. The largest absolute Gasteiger partial charge is 0.477 e. The van der Waals surface area contributed by atoms with Crippen LogP contribution in [0.4, 0.5) is 0 Å². The summed E-state index contributed by atoms with van der Waals surface area (Å²) in [5.74, 6) is -1.29. The Morgan fingerprint density at radius 1 is 1.32 bits per heavy atom. The quantitative estimate of drug-likeness (QED) is 0.896. The van der Waals surface area contributed by atoms with Gasteiger partial charge in [0.1, 0.15) is 5.56 Å². The molecule has 0 aromatic carbocycles. The summed E-state index contributed by atoms with van der Waals surface area (Å²) in [6.45, 7) is 3.58. The molecule has 0 unspecified atom stereocenters. The maximum absolute atomic E-state index is 12.3. The number of hydrogen-bond donors (Lipinski definition) is 1. The minimum absolute atomic E-state index is 0.163. The first-order valence-electron chi connectivity index (χ1n) is 6.54. The molecule has 0 bridgehead atoms. The van der Waals surface area contributed by atoms with Gasteiger partial charge in [-0.25, -0.2) is 9.59 Å². The van der Waals surface area contributed by atoms with E-state index in [9.17, 15) is 14.4 Å². The number of aromatic carboxylic acids is 1. The molecule has 6 nitrogen and oxygen atoms in total. The van der Waals surface area contributed by atoms with Crippen LogP contribution in [0.25, 0.3) is 0 Å². The first-order chi connectivity index (χ1) is 8.93. The number of aromatic nitrogens is 2. The Labute approximate surface area is 110 Å². The van der Waals surface area contributed by atoms with Gasteiger partial charge in [0, 0.05) is 18.3 Å². The average molecular weight is 266 g/mol. The third-order valence-electron chi connectivity index (χ3n) is 3.62. The van der Waals surface area contributed by atoms with Gasteiger partial charge >= 0.3 is 11.7 Å². The molecular weight excluding hydrogens is 248 g/mol. The summed E-state index contributed by atoms with van der Waals surface area (Å²) in [4.78, 5) is 35.6. The highest BCUT2D eigenvalue weighted by Gasteiger charge is 2.25. The highest BCUT2D eigenvalue weighted by molar-refractivity contribution is 5.86. The van der Waals surface area contributed by atoms with E-state index in [4.69, 9.17) is 5.11 Å². The van der Waals surface area contributed by atoms with E-state index in [0.29, 0.717) is 0 Å². The highest BCUT2D eigenvalue weighted by atomic mass is 16.4. The summed E-state index contributed by atoms with van der Waals surface area (Å²) in [7, 11) is 0.